The molecule has 0 aliphatic carbocycles. The molecule has 6 aliphatic rings. The number of carbonyl (C=O) groups is 3. The van der Waals surface area contributed by atoms with E-state index in [4.69, 9.17) is 62.6 Å². The first-order chi connectivity index (χ1) is 58.3. The number of aliphatic hydroxyl groups excluding tert-OH is 6. The van der Waals surface area contributed by atoms with Crippen LogP contribution in [0.15, 0.2) is 60.7 Å². The van der Waals surface area contributed by atoms with Crippen molar-refractivity contribution in [3.05, 3.63) is 71.8 Å². The number of methoxy groups -OCH3 is 2. The predicted molar refractivity (Wildman–Crippen MR) is 481 cm³/mol. The van der Waals surface area contributed by atoms with Gasteiger partial charge in [-0.2, -0.15) is 0 Å². The molecule has 0 bridgehead atoms. The minimum absolute atomic E-state index is 0. The standard InChI is InChI=1S/C47H83N3O12.C40H77N3O12.C7H6O.B.Na.H/c1-14-36-47(10,56)40(52)32(6)50(22-18-21-48-26-34-19-16-15-17-20-34)27-28(2)24-45(8,55)42(62-44-38(51)35(49(11)12)23-29(3)58-44)30(4)39(31(5)43(54)60-36)61-37-25-46(9,57-13)41(53)33(7)59-37;1-14-29-40(10,49)33(45)26(6)43(17-15-16-41)21-22(2)19-38(8,48)35(55-37-31(44)28(42(11)12)18-23(3)51-37)24(4)32(25(5)36(47)53-29)54-30-20-39(9,50-13)34(46)27(7)52-30;8-6-7-4-2-1-3-5-7;;;/h15-17,19-20,28-33,35-42,44,48,51-53,55-56H,14,18,21-27H2,1-13H3;22-35,37,44-46,48-49H,14-21,41H2,1-13H3;1-6H;;;/q;;;;+1;-1/t28-,29-,30+,31-,32-,33+,35+,36-,37+,38-,39+,40-,41+,42-,44+,45-,46-,47-;22-,23-,24+,25-,26-,27+,28+,29-,30+,31-,32+,33-,34+,35-,37+,38-,39-,40-;;;;/m11..../s1. The van der Waals surface area contributed by atoms with Crippen LogP contribution >= 0.6 is 0 Å². The summed E-state index contributed by atoms with van der Waals surface area (Å²) in [5.41, 5.74) is -1.10. The monoisotopic (exact) mass is 1810 g/mol. The summed E-state index contributed by atoms with van der Waals surface area (Å²) < 4.78 is 75.8. The Morgan fingerprint density at radius 3 is 1.23 bits per heavy atom. The number of aldehydes is 1. The molecule has 2 aromatic carbocycles. The molecule has 8 rings (SSSR count). The first kappa shape index (κ1) is 116. The van der Waals surface area contributed by atoms with Crippen LogP contribution in [0.5, 0.6) is 0 Å². The number of benzene rings is 2. The number of esters is 2. The summed E-state index contributed by atoms with van der Waals surface area (Å²) in [5, 5.41) is 122. The fourth-order valence-corrected chi connectivity index (χ4v) is 19.9. The van der Waals surface area contributed by atoms with Crippen molar-refractivity contribution >= 4 is 26.6 Å². The number of hydrogen-bond donors (Lipinski definition) is 12. The smallest absolute Gasteiger partial charge is 1.00 e. The van der Waals surface area contributed by atoms with Gasteiger partial charge in [-0.3, -0.25) is 24.2 Å². The summed E-state index contributed by atoms with van der Waals surface area (Å²) in [6.45, 7) is 39.3. The van der Waals surface area contributed by atoms with Crippen molar-refractivity contribution in [3.63, 3.8) is 0 Å². The van der Waals surface area contributed by atoms with Gasteiger partial charge in [-0.25, -0.2) is 0 Å². The Kier molecular flexibility index (Phi) is 47.5. The molecule has 0 spiro atoms. The average molecular weight is 1820 g/mol. The molecule has 727 valence electrons. The summed E-state index contributed by atoms with van der Waals surface area (Å²) >= 11 is 0. The number of likely N-dealkylation sites (N-methyl/N-ethyl adjacent to an activating group) is 2. The molecule has 127 heavy (non-hydrogen) atoms. The second-order valence-electron chi connectivity index (χ2n) is 39.1. The number of carbonyl (C=O) groups excluding carboxylic acids is 3. The number of nitrogens with two attached hydrogens (primary N) is 1. The summed E-state index contributed by atoms with van der Waals surface area (Å²) in [5.74, 6) is -5.33. The van der Waals surface area contributed by atoms with Gasteiger partial charge in [0.25, 0.3) is 0 Å². The van der Waals surface area contributed by atoms with Crippen molar-refractivity contribution in [1.29, 1.82) is 0 Å². The molecule has 6 fully saturated rings. The molecule has 2 aromatic rings. The Labute approximate surface area is 784 Å². The summed E-state index contributed by atoms with van der Waals surface area (Å²) in [4.78, 5) is 46.9. The van der Waals surface area contributed by atoms with Crippen molar-refractivity contribution in [3.8, 4) is 0 Å². The minimum Gasteiger partial charge on any atom is -1.00 e. The third-order valence-corrected chi connectivity index (χ3v) is 27.6. The number of aliphatic hydroxyl groups is 10. The van der Waals surface area contributed by atoms with E-state index in [2.05, 4.69) is 27.2 Å². The van der Waals surface area contributed by atoms with Crippen LogP contribution in [0.3, 0.4) is 0 Å². The van der Waals surface area contributed by atoms with Crippen LogP contribution < -0.4 is 40.6 Å². The van der Waals surface area contributed by atoms with Gasteiger partial charge >= 0.3 is 41.5 Å². The van der Waals surface area contributed by atoms with Gasteiger partial charge in [-0.05, 0) is 220 Å². The Bertz CT molecular complexity index is 3490. The van der Waals surface area contributed by atoms with Gasteiger partial charge in [0, 0.05) is 96.7 Å². The molecule has 0 unspecified atom stereocenters. The number of nitrogens with one attached hydrogen (secondary N) is 1. The van der Waals surface area contributed by atoms with Gasteiger partial charge in [0.05, 0.1) is 83.1 Å². The van der Waals surface area contributed by atoms with E-state index in [-0.39, 0.29) is 114 Å². The molecule has 3 radical (unpaired) electrons. The zero-order valence-electron chi connectivity index (χ0n) is 82.7. The molecule has 13 N–H and O–H groups in total. The molecular formula is C94H167BN6NaO25. The maximum atomic E-state index is 14.5. The number of hydrogen-bond acceptors (Lipinski definition) is 31. The van der Waals surface area contributed by atoms with Crippen LogP contribution in [-0.2, 0) is 73.0 Å². The maximum absolute atomic E-state index is 14.5. The second-order valence-corrected chi connectivity index (χ2v) is 39.1. The molecule has 36 atom stereocenters. The number of rotatable bonds is 24. The summed E-state index contributed by atoms with van der Waals surface area (Å²) in [6.07, 6.45) is -14.6. The van der Waals surface area contributed by atoms with Crippen LogP contribution in [-0.4, -0.2) is 360 Å². The van der Waals surface area contributed by atoms with Gasteiger partial charge in [0.2, 0.25) is 0 Å². The van der Waals surface area contributed by atoms with Crippen molar-refractivity contribution < 1.29 is 153 Å². The van der Waals surface area contributed by atoms with E-state index in [1.54, 1.807) is 81.4 Å². The van der Waals surface area contributed by atoms with Crippen LogP contribution in [0.1, 0.15) is 220 Å². The average Bonchev–Trinajstić information content (AvgIpc) is 1.29. The molecule has 31 nitrogen and oxygen atoms in total. The molecule has 6 heterocycles. The van der Waals surface area contributed by atoms with E-state index >= 15 is 0 Å². The predicted octanol–water partition coefficient (Wildman–Crippen LogP) is 3.31. The summed E-state index contributed by atoms with van der Waals surface area (Å²) in [6, 6.07) is 17.5. The third kappa shape index (κ3) is 31.0. The quantitative estimate of drug-likeness (QED) is 0.0310. The van der Waals surface area contributed by atoms with Gasteiger partial charge in [-0.15, -0.1) is 0 Å². The number of ether oxygens (including phenoxy) is 12. The SMILES string of the molecule is CC[C@H]1OC(=O)[C@H](C)[C@@H](O[C@H]2C[C@@](C)(OC)[C@@H](O)[C@H](C)O2)[C@H](C)[C@@H](O[C@@H]2O[C@H](C)C[C@H](N(C)C)[C@H]2O)[C@](C)(O)C[C@@H](C)CN(CCCN)[C@H](C)[C@@H](O)[C@]1(C)O.CC[C@H]1OC(=O)[C@H](C)[C@@H](O[C@H]2C[C@@](C)(OC)[C@@H](O)[C@H](C)O2)[C@H](C)[C@@H](O[C@@H]2O[C@H](C)C[C@H](N(C)C)[C@H]2O)[C@](C)(O)C[C@@H](C)CN(CCCNCc2ccccc2)[C@H](C)[C@@H](O)[C@]1(C)O.O=Cc1ccccc1.[B].[H-].[Na+]. The van der Waals surface area contributed by atoms with Crippen LogP contribution in [0.25, 0.3) is 0 Å². The molecule has 0 saturated carbocycles. The van der Waals surface area contributed by atoms with Crippen LogP contribution in [0.2, 0.25) is 0 Å². The van der Waals surface area contributed by atoms with E-state index in [0.29, 0.717) is 65.1 Å². The fraction of sp³-hybridized carbons (Fsp3) is 0.840. The normalized spacial score (nSPS) is 42.4. The van der Waals surface area contributed by atoms with Gasteiger partial charge in [-0.1, -0.05) is 102 Å². The van der Waals surface area contributed by atoms with Crippen molar-refractivity contribution in [2.45, 2.75) is 390 Å². The minimum atomic E-state index is -1.84. The van der Waals surface area contributed by atoms with Gasteiger partial charge in [0.1, 0.15) is 66.3 Å². The molecule has 6 aliphatic heterocycles. The third-order valence-electron chi connectivity index (χ3n) is 27.6. The Balaban J connectivity index is 0.000000596. The van der Waals surface area contributed by atoms with Gasteiger partial charge in [0.15, 0.2) is 25.2 Å². The molecule has 0 amide bonds. The molecule has 6 saturated heterocycles. The summed E-state index contributed by atoms with van der Waals surface area (Å²) in [7, 11) is 10.6. The second kappa shape index (κ2) is 51.9. The first-order valence-electron chi connectivity index (χ1n) is 45.8. The number of cyclic esters (lactones) is 2. The fourth-order valence-electron chi connectivity index (χ4n) is 19.9. The Morgan fingerprint density at radius 1 is 0.535 bits per heavy atom. The van der Waals surface area contributed by atoms with E-state index in [9.17, 15) is 65.4 Å². The largest absolute Gasteiger partial charge is 1.00 e. The van der Waals surface area contributed by atoms with Crippen LogP contribution in [0, 0.1) is 35.5 Å². The van der Waals surface area contributed by atoms with E-state index in [0.717, 1.165) is 18.3 Å². The molecule has 33 heteroatoms. The number of nitrogens with zero attached hydrogens (tertiary/aromatic N) is 4. The molecular weight excluding hydrogens is 1650 g/mol. The van der Waals surface area contributed by atoms with Crippen molar-refractivity contribution in [2.75, 3.05) is 81.7 Å². The molecule has 0 aromatic heterocycles. The Morgan fingerprint density at radius 2 is 0.898 bits per heavy atom. The first-order valence-corrected chi connectivity index (χ1v) is 45.8. The topological polar surface area (TPSA) is 415 Å². The van der Waals surface area contributed by atoms with E-state index in [1.807, 2.05) is 130 Å². The maximum Gasteiger partial charge on any atom is 1.00 e. The van der Waals surface area contributed by atoms with E-state index in [1.165, 1.54) is 33.6 Å². The Hall–Kier alpha value is -2.93. The van der Waals surface area contributed by atoms with E-state index < -0.39 is 192 Å². The van der Waals surface area contributed by atoms with Crippen molar-refractivity contribution in [2.24, 2.45) is 41.2 Å². The zero-order valence-corrected chi connectivity index (χ0v) is 83.7. The zero-order chi connectivity index (χ0) is 93.9. The van der Waals surface area contributed by atoms with Crippen LogP contribution in [0.4, 0.5) is 0 Å². The van der Waals surface area contributed by atoms with Gasteiger partial charge < -0.3 is 130 Å². The van der Waals surface area contributed by atoms with Crippen molar-refractivity contribution in [1.82, 2.24) is 24.9 Å².